The van der Waals surface area contributed by atoms with Gasteiger partial charge in [-0.3, -0.25) is 0 Å². The van der Waals surface area contributed by atoms with E-state index >= 15 is 0 Å². The van der Waals surface area contributed by atoms with E-state index in [1.54, 1.807) is 6.92 Å². The molecule has 0 unspecified atom stereocenters. The Bertz CT molecular complexity index is 629. The predicted molar refractivity (Wildman–Crippen MR) is 96.2 cm³/mol. The first kappa shape index (κ1) is 22.5. The van der Waals surface area contributed by atoms with Crippen molar-refractivity contribution in [2.45, 2.75) is 74.9 Å². The van der Waals surface area contributed by atoms with Crippen LogP contribution in [0.2, 0.25) is 0 Å². The van der Waals surface area contributed by atoms with Crippen LogP contribution in [0.15, 0.2) is 30.3 Å². The average Bonchev–Trinajstić information content (AvgIpc) is 2.73. The number of aliphatic hydroxyl groups is 6. The zero-order chi connectivity index (χ0) is 21.1. The summed E-state index contributed by atoms with van der Waals surface area (Å²) >= 11 is 0. The van der Waals surface area contributed by atoms with Gasteiger partial charge in [-0.1, -0.05) is 30.3 Å². The van der Waals surface area contributed by atoms with Gasteiger partial charge < -0.3 is 49.6 Å². The molecule has 0 bridgehead atoms. The highest BCUT2D eigenvalue weighted by atomic mass is 16.8. The van der Waals surface area contributed by atoms with E-state index in [0.717, 1.165) is 5.56 Å². The van der Waals surface area contributed by atoms with Crippen LogP contribution >= 0.6 is 0 Å². The van der Waals surface area contributed by atoms with Gasteiger partial charge in [-0.25, -0.2) is 0 Å². The van der Waals surface area contributed by atoms with Crippen molar-refractivity contribution in [3.63, 3.8) is 0 Å². The summed E-state index contributed by atoms with van der Waals surface area (Å²) in [6.07, 6.45) is -13.4. The smallest absolute Gasteiger partial charge is 0.187 e. The summed E-state index contributed by atoms with van der Waals surface area (Å²) in [5.41, 5.74) is 0.843. The van der Waals surface area contributed by atoms with E-state index < -0.39 is 68.0 Å². The standard InChI is InChI=1S/C19H28O10/c1-9-12(21)15(24)17(19(27-9)26-8-10-5-3-2-4-6-10)29-18-16(25)14(23)13(22)11(7-20)28-18/h2-6,9,11-25H,7-8H2,1H3/t9-,11+,12+,13-,14-,15+,16+,17-,18+,19+/m0/s1. The molecule has 0 aliphatic carbocycles. The van der Waals surface area contributed by atoms with Crippen molar-refractivity contribution < 1.29 is 49.6 Å². The lowest BCUT2D eigenvalue weighted by Gasteiger charge is -2.45. The highest BCUT2D eigenvalue weighted by Gasteiger charge is 2.50. The minimum Gasteiger partial charge on any atom is -0.394 e. The van der Waals surface area contributed by atoms with Gasteiger partial charge in [-0.05, 0) is 12.5 Å². The van der Waals surface area contributed by atoms with Crippen LogP contribution in [0.25, 0.3) is 0 Å². The van der Waals surface area contributed by atoms with Crippen molar-refractivity contribution in [3.8, 4) is 0 Å². The Labute approximate surface area is 167 Å². The molecule has 1 aromatic rings. The molecule has 164 valence electrons. The molecule has 3 rings (SSSR count). The Balaban J connectivity index is 1.73. The number of rotatable bonds is 6. The van der Waals surface area contributed by atoms with Crippen molar-refractivity contribution in [2.24, 2.45) is 0 Å². The van der Waals surface area contributed by atoms with Gasteiger partial charge in [0.1, 0.15) is 42.7 Å². The zero-order valence-corrected chi connectivity index (χ0v) is 15.9. The Morgan fingerprint density at radius 3 is 2.17 bits per heavy atom. The number of hydrogen-bond acceptors (Lipinski definition) is 10. The minimum absolute atomic E-state index is 0.135. The minimum atomic E-state index is -1.66. The maximum Gasteiger partial charge on any atom is 0.187 e. The molecule has 2 aliphatic heterocycles. The molecule has 6 N–H and O–H groups in total. The number of aliphatic hydroxyl groups excluding tert-OH is 6. The van der Waals surface area contributed by atoms with Crippen molar-refractivity contribution in [1.29, 1.82) is 0 Å². The maximum absolute atomic E-state index is 10.5. The van der Waals surface area contributed by atoms with E-state index in [-0.39, 0.29) is 6.61 Å². The topological polar surface area (TPSA) is 158 Å². The first-order chi connectivity index (χ1) is 13.8. The molecule has 0 amide bonds. The van der Waals surface area contributed by atoms with E-state index in [2.05, 4.69) is 0 Å². The summed E-state index contributed by atoms with van der Waals surface area (Å²) in [6, 6.07) is 9.21. The van der Waals surface area contributed by atoms with Gasteiger partial charge >= 0.3 is 0 Å². The monoisotopic (exact) mass is 416 g/mol. The van der Waals surface area contributed by atoms with Crippen LogP contribution in [0.5, 0.6) is 0 Å². The Hall–Kier alpha value is -1.18. The molecule has 29 heavy (non-hydrogen) atoms. The Morgan fingerprint density at radius 1 is 0.828 bits per heavy atom. The van der Waals surface area contributed by atoms with Gasteiger partial charge in [-0.2, -0.15) is 0 Å². The van der Waals surface area contributed by atoms with Crippen molar-refractivity contribution in [2.75, 3.05) is 6.61 Å². The van der Waals surface area contributed by atoms with E-state index in [4.69, 9.17) is 18.9 Å². The van der Waals surface area contributed by atoms with Gasteiger partial charge in [0.15, 0.2) is 12.6 Å². The summed E-state index contributed by atoms with van der Waals surface area (Å²) in [5, 5.41) is 60.0. The van der Waals surface area contributed by atoms with Gasteiger partial charge in [0, 0.05) is 0 Å². The number of hydrogen-bond donors (Lipinski definition) is 6. The third kappa shape index (κ3) is 4.94. The third-order valence-corrected chi connectivity index (χ3v) is 5.18. The molecular weight excluding hydrogens is 388 g/mol. The van der Waals surface area contributed by atoms with Gasteiger partial charge in [0.05, 0.1) is 19.3 Å². The molecule has 0 radical (unpaired) electrons. The second-order valence-electron chi connectivity index (χ2n) is 7.29. The Kier molecular flexibility index (Phi) is 7.57. The van der Waals surface area contributed by atoms with Crippen molar-refractivity contribution in [1.82, 2.24) is 0 Å². The average molecular weight is 416 g/mol. The van der Waals surface area contributed by atoms with Gasteiger partial charge in [0.2, 0.25) is 0 Å². The van der Waals surface area contributed by atoms with E-state index in [1.807, 2.05) is 30.3 Å². The highest BCUT2D eigenvalue weighted by Crippen LogP contribution is 2.30. The molecule has 0 spiro atoms. The van der Waals surface area contributed by atoms with Gasteiger partial charge in [-0.15, -0.1) is 0 Å². The molecule has 10 atom stereocenters. The quantitative estimate of drug-likeness (QED) is 0.302. The molecule has 0 aromatic heterocycles. The maximum atomic E-state index is 10.5. The molecule has 2 aliphatic rings. The van der Waals surface area contributed by atoms with E-state index in [0.29, 0.717) is 0 Å². The summed E-state index contributed by atoms with van der Waals surface area (Å²) in [7, 11) is 0. The van der Waals surface area contributed by atoms with Crippen molar-refractivity contribution in [3.05, 3.63) is 35.9 Å². The molecule has 10 nitrogen and oxygen atoms in total. The largest absolute Gasteiger partial charge is 0.394 e. The molecule has 1 aromatic carbocycles. The van der Waals surface area contributed by atoms with Crippen LogP contribution in [0.4, 0.5) is 0 Å². The van der Waals surface area contributed by atoms with E-state index in [9.17, 15) is 30.6 Å². The summed E-state index contributed by atoms with van der Waals surface area (Å²) < 4.78 is 22.3. The first-order valence-corrected chi connectivity index (χ1v) is 9.46. The lowest BCUT2D eigenvalue weighted by molar-refractivity contribution is -0.366. The zero-order valence-electron chi connectivity index (χ0n) is 15.9. The van der Waals surface area contributed by atoms with Crippen LogP contribution in [0, 0.1) is 0 Å². The summed E-state index contributed by atoms with van der Waals surface area (Å²) in [4.78, 5) is 0. The first-order valence-electron chi connectivity index (χ1n) is 9.46. The third-order valence-electron chi connectivity index (χ3n) is 5.18. The fourth-order valence-corrected chi connectivity index (χ4v) is 3.37. The van der Waals surface area contributed by atoms with Crippen LogP contribution in [-0.4, -0.2) is 98.7 Å². The molecule has 2 saturated heterocycles. The van der Waals surface area contributed by atoms with Crippen molar-refractivity contribution >= 4 is 0 Å². The summed E-state index contributed by atoms with van der Waals surface area (Å²) in [6.45, 7) is 1.08. The molecule has 2 heterocycles. The molecule has 2 fully saturated rings. The number of ether oxygens (including phenoxy) is 4. The van der Waals surface area contributed by atoms with Crippen LogP contribution in [0.3, 0.4) is 0 Å². The van der Waals surface area contributed by atoms with E-state index in [1.165, 1.54) is 0 Å². The highest BCUT2D eigenvalue weighted by molar-refractivity contribution is 5.13. The van der Waals surface area contributed by atoms with Crippen LogP contribution < -0.4 is 0 Å². The normalized spacial score (nSPS) is 43.3. The lowest BCUT2D eigenvalue weighted by atomic mass is 9.97. The summed E-state index contributed by atoms with van der Waals surface area (Å²) in [5.74, 6) is 0. The molecule has 0 saturated carbocycles. The van der Waals surface area contributed by atoms with Crippen LogP contribution in [0.1, 0.15) is 12.5 Å². The lowest BCUT2D eigenvalue weighted by Crippen LogP contribution is -2.64. The Morgan fingerprint density at radius 2 is 1.52 bits per heavy atom. The fourth-order valence-electron chi connectivity index (χ4n) is 3.37. The molecule has 10 heteroatoms. The predicted octanol–water partition coefficient (Wildman–Crippen LogP) is -2.15. The fraction of sp³-hybridized carbons (Fsp3) is 0.684. The molecular formula is C19H28O10. The SMILES string of the molecule is C[C@@H]1O[C@@H](OCc2ccccc2)[C@@H](O[C@H]2O[C@H](CO)[C@H](O)[C@H](O)[C@H]2O)[C@H](O)[C@@H]1O. The van der Waals surface area contributed by atoms with Crippen LogP contribution in [-0.2, 0) is 25.6 Å². The van der Waals surface area contributed by atoms with Gasteiger partial charge in [0.25, 0.3) is 0 Å². The second kappa shape index (κ2) is 9.75. The second-order valence-corrected chi connectivity index (χ2v) is 7.29. The number of benzene rings is 1.